The van der Waals surface area contributed by atoms with Gasteiger partial charge in [0.1, 0.15) is 0 Å². The number of rotatable bonds is 4. The van der Waals surface area contributed by atoms with Gasteiger partial charge in [0.2, 0.25) is 5.82 Å². The van der Waals surface area contributed by atoms with Gasteiger partial charge in [-0.3, -0.25) is 0 Å². The van der Waals surface area contributed by atoms with Gasteiger partial charge in [-0.2, -0.15) is 0 Å². The molecule has 1 aromatic heterocycles. The van der Waals surface area contributed by atoms with Crippen molar-refractivity contribution >= 4 is 5.97 Å². The van der Waals surface area contributed by atoms with Crippen molar-refractivity contribution in [1.82, 2.24) is 9.55 Å². The predicted octanol–water partition coefficient (Wildman–Crippen LogP) is 1.63. The third kappa shape index (κ3) is 3.06. The van der Waals surface area contributed by atoms with E-state index in [0.29, 0.717) is 19.0 Å². The highest BCUT2D eigenvalue weighted by molar-refractivity contribution is 5.85. The summed E-state index contributed by atoms with van der Waals surface area (Å²) in [6.07, 6.45) is 6.96. The van der Waals surface area contributed by atoms with Crippen LogP contribution < -0.4 is 0 Å². The molecular formula is C12H18N2O3. The lowest BCUT2D eigenvalue weighted by Crippen LogP contribution is -2.26. The fourth-order valence-corrected chi connectivity index (χ4v) is 2.01. The molecule has 0 radical (unpaired) electrons. The number of carbonyl (C=O) groups is 1. The first-order valence-corrected chi connectivity index (χ1v) is 6.11. The lowest BCUT2D eigenvalue weighted by atomic mass is 10.1. The molecule has 0 aliphatic carbocycles. The van der Waals surface area contributed by atoms with Gasteiger partial charge in [-0.1, -0.05) is 0 Å². The normalized spacial score (nSPS) is 20.2. The Kier molecular flexibility index (Phi) is 4.14. The molecule has 1 aromatic rings. The lowest BCUT2D eigenvalue weighted by Gasteiger charge is -2.23. The van der Waals surface area contributed by atoms with E-state index in [4.69, 9.17) is 9.47 Å². The molecule has 1 aliphatic rings. The summed E-state index contributed by atoms with van der Waals surface area (Å²) in [6, 6.07) is 0. The van der Waals surface area contributed by atoms with Crippen LogP contribution in [0, 0.1) is 0 Å². The van der Waals surface area contributed by atoms with Gasteiger partial charge in [-0.15, -0.1) is 0 Å². The van der Waals surface area contributed by atoms with E-state index in [1.165, 1.54) is 6.42 Å². The minimum Gasteiger partial charge on any atom is -0.460 e. The van der Waals surface area contributed by atoms with Crippen LogP contribution in [0.15, 0.2) is 12.4 Å². The maximum Gasteiger partial charge on any atom is 0.374 e. The molecule has 1 aliphatic heterocycles. The molecule has 94 valence electrons. The number of imidazole rings is 1. The van der Waals surface area contributed by atoms with Crippen molar-refractivity contribution in [2.24, 2.45) is 0 Å². The fourth-order valence-electron chi connectivity index (χ4n) is 2.01. The SMILES string of the molecule is CCOC(=O)c1nccn1C[C@@H]1CCCCO1. The first kappa shape index (κ1) is 12.1. The second-order valence-electron chi connectivity index (χ2n) is 4.11. The summed E-state index contributed by atoms with van der Waals surface area (Å²) in [5, 5.41) is 0. The van der Waals surface area contributed by atoms with Crippen molar-refractivity contribution in [3.8, 4) is 0 Å². The summed E-state index contributed by atoms with van der Waals surface area (Å²) < 4.78 is 12.4. The highest BCUT2D eigenvalue weighted by Gasteiger charge is 2.19. The first-order valence-electron chi connectivity index (χ1n) is 6.11. The Morgan fingerprint density at radius 2 is 2.53 bits per heavy atom. The summed E-state index contributed by atoms with van der Waals surface area (Å²) in [5.74, 6) is -0.00525. The molecule has 0 saturated carbocycles. The largest absolute Gasteiger partial charge is 0.460 e. The molecule has 0 N–H and O–H groups in total. The number of esters is 1. The molecular weight excluding hydrogens is 220 g/mol. The highest BCUT2D eigenvalue weighted by Crippen LogP contribution is 2.15. The average molecular weight is 238 g/mol. The van der Waals surface area contributed by atoms with Gasteiger partial charge in [0.25, 0.3) is 0 Å². The van der Waals surface area contributed by atoms with Crippen LogP contribution in [0.5, 0.6) is 0 Å². The minimum atomic E-state index is -0.367. The van der Waals surface area contributed by atoms with Crippen molar-refractivity contribution in [2.45, 2.75) is 38.8 Å². The summed E-state index contributed by atoms with van der Waals surface area (Å²) in [6.45, 7) is 3.64. The molecule has 0 spiro atoms. The Bertz CT molecular complexity index is 370. The molecule has 0 amide bonds. The third-order valence-corrected chi connectivity index (χ3v) is 2.85. The molecule has 2 heterocycles. The van der Waals surface area contributed by atoms with Gasteiger partial charge in [0.15, 0.2) is 0 Å². The second-order valence-corrected chi connectivity index (χ2v) is 4.11. The maximum atomic E-state index is 11.6. The lowest BCUT2D eigenvalue weighted by molar-refractivity contribution is 0.00502. The first-order chi connectivity index (χ1) is 8.31. The number of ether oxygens (including phenoxy) is 2. The van der Waals surface area contributed by atoms with E-state index >= 15 is 0 Å². The Morgan fingerprint density at radius 1 is 1.65 bits per heavy atom. The van der Waals surface area contributed by atoms with Gasteiger partial charge in [-0.25, -0.2) is 9.78 Å². The number of hydrogen-bond donors (Lipinski definition) is 0. The van der Waals surface area contributed by atoms with Gasteiger partial charge >= 0.3 is 5.97 Å². The monoisotopic (exact) mass is 238 g/mol. The summed E-state index contributed by atoms with van der Waals surface area (Å²) in [5.41, 5.74) is 0. The number of nitrogens with zero attached hydrogens (tertiary/aromatic N) is 2. The molecule has 1 atom stereocenters. The molecule has 1 fully saturated rings. The quantitative estimate of drug-likeness (QED) is 0.748. The second kappa shape index (κ2) is 5.82. The molecule has 0 bridgehead atoms. The van der Waals surface area contributed by atoms with Crippen molar-refractivity contribution in [3.05, 3.63) is 18.2 Å². The van der Waals surface area contributed by atoms with E-state index < -0.39 is 0 Å². The third-order valence-electron chi connectivity index (χ3n) is 2.85. The molecule has 1 saturated heterocycles. The van der Waals surface area contributed by atoms with Crippen LogP contribution >= 0.6 is 0 Å². The minimum absolute atomic E-state index is 0.186. The highest BCUT2D eigenvalue weighted by atomic mass is 16.5. The Balaban J connectivity index is 2.00. The Labute approximate surface area is 101 Å². The summed E-state index contributed by atoms with van der Waals surface area (Å²) in [7, 11) is 0. The fraction of sp³-hybridized carbons (Fsp3) is 0.667. The average Bonchev–Trinajstić information content (AvgIpc) is 2.79. The van der Waals surface area contributed by atoms with Crippen LogP contribution in [0.3, 0.4) is 0 Å². The van der Waals surface area contributed by atoms with E-state index in [-0.39, 0.29) is 12.1 Å². The zero-order chi connectivity index (χ0) is 12.1. The summed E-state index contributed by atoms with van der Waals surface area (Å²) >= 11 is 0. The number of carbonyl (C=O) groups excluding carboxylic acids is 1. The van der Waals surface area contributed by atoms with E-state index in [1.807, 2.05) is 4.57 Å². The van der Waals surface area contributed by atoms with E-state index in [9.17, 15) is 4.79 Å². The maximum absolute atomic E-state index is 11.6. The van der Waals surface area contributed by atoms with E-state index in [1.54, 1.807) is 19.3 Å². The number of aromatic nitrogens is 2. The van der Waals surface area contributed by atoms with Crippen LogP contribution in [-0.2, 0) is 16.0 Å². The zero-order valence-corrected chi connectivity index (χ0v) is 10.1. The molecule has 5 heteroatoms. The molecule has 2 rings (SSSR count). The molecule has 5 nitrogen and oxygen atoms in total. The van der Waals surface area contributed by atoms with Crippen LogP contribution in [0.1, 0.15) is 36.8 Å². The van der Waals surface area contributed by atoms with Crippen LogP contribution in [0.4, 0.5) is 0 Å². The molecule has 0 aromatic carbocycles. The van der Waals surface area contributed by atoms with Gasteiger partial charge < -0.3 is 14.0 Å². The van der Waals surface area contributed by atoms with E-state index in [0.717, 1.165) is 19.4 Å². The summed E-state index contributed by atoms with van der Waals surface area (Å²) in [4.78, 5) is 15.7. The molecule has 17 heavy (non-hydrogen) atoms. The van der Waals surface area contributed by atoms with Crippen molar-refractivity contribution in [3.63, 3.8) is 0 Å². The van der Waals surface area contributed by atoms with Crippen LogP contribution in [0.25, 0.3) is 0 Å². The van der Waals surface area contributed by atoms with Gasteiger partial charge in [0, 0.05) is 19.0 Å². The standard InChI is InChI=1S/C12H18N2O3/c1-2-16-12(15)11-13-6-7-14(11)9-10-5-3-4-8-17-10/h6-7,10H,2-5,8-9H2,1H3/t10-/m0/s1. The van der Waals surface area contributed by atoms with E-state index in [2.05, 4.69) is 4.98 Å². The van der Waals surface area contributed by atoms with Gasteiger partial charge in [0.05, 0.1) is 19.3 Å². The van der Waals surface area contributed by atoms with Crippen LogP contribution in [-0.4, -0.2) is 34.8 Å². The van der Waals surface area contributed by atoms with Crippen molar-refractivity contribution in [1.29, 1.82) is 0 Å². The Morgan fingerprint density at radius 3 is 3.24 bits per heavy atom. The van der Waals surface area contributed by atoms with Gasteiger partial charge in [-0.05, 0) is 26.2 Å². The molecule has 0 unspecified atom stereocenters. The van der Waals surface area contributed by atoms with Crippen LogP contribution in [0.2, 0.25) is 0 Å². The van der Waals surface area contributed by atoms with Crippen molar-refractivity contribution in [2.75, 3.05) is 13.2 Å². The predicted molar refractivity (Wildman–Crippen MR) is 61.8 cm³/mol. The number of hydrogen-bond acceptors (Lipinski definition) is 4. The van der Waals surface area contributed by atoms with Crippen molar-refractivity contribution < 1.29 is 14.3 Å². The smallest absolute Gasteiger partial charge is 0.374 e. The zero-order valence-electron chi connectivity index (χ0n) is 10.1. The Hall–Kier alpha value is -1.36. The topological polar surface area (TPSA) is 53.3 Å².